The summed E-state index contributed by atoms with van der Waals surface area (Å²) in [5.41, 5.74) is 2.27. The van der Waals surface area contributed by atoms with Crippen LogP contribution in [0.4, 0.5) is 0 Å². The number of hydrogen-bond acceptors (Lipinski definition) is 4. The van der Waals surface area contributed by atoms with E-state index in [2.05, 4.69) is 22.2 Å². The van der Waals surface area contributed by atoms with E-state index in [9.17, 15) is 4.79 Å². The fourth-order valence-electron chi connectivity index (χ4n) is 3.79. The van der Waals surface area contributed by atoms with Gasteiger partial charge >= 0.3 is 0 Å². The molecule has 1 aliphatic heterocycles. The van der Waals surface area contributed by atoms with Crippen molar-refractivity contribution in [1.82, 2.24) is 20.0 Å². The summed E-state index contributed by atoms with van der Waals surface area (Å²) in [7, 11) is 3.51. The van der Waals surface area contributed by atoms with Gasteiger partial charge in [-0.2, -0.15) is 5.10 Å². The quantitative estimate of drug-likeness (QED) is 0.895. The lowest BCUT2D eigenvalue weighted by atomic mass is 10.0. The second-order valence-electron chi connectivity index (χ2n) is 7.53. The fourth-order valence-corrected chi connectivity index (χ4v) is 3.79. The zero-order valence-electron chi connectivity index (χ0n) is 15.6. The van der Waals surface area contributed by atoms with E-state index in [0.717, 1.165) is 36.1 Å². The number of nitrogens with zero attached hydrogens (tertiary/aromatic N) is 3. The van der Waals surface area contributed by atoms with E-state index in [1.807, 2.05) is 37.5 Å². The molecule has 6 heteroatoms. The maximum absolute atomic E-state index is 12.8. The Balaban J connectivity index is 1.52. The van der Waals surface area contributed by atoms with Gasteiger partial charge in [-0.15, -0.1) is 0 Å². The number of methoxy groups -OCH3 is 1. The van der Waals surface area contributed by atoms with Gasteiger partial charge in [-0.3, -0.25) is 14.4 Å². The maximum Gasteiger partial charge on any atom is 0.251 e. The van der Waals surface area contributed by atoms with Gasteiger partial charge in [0.2, 0.25) is 0 Å². The number of hydrogen-bond donors (Lipinski definition) is 1. The van der Waals surface area contributed by atoms with Crippen LogP contribution in [0.25, 0.3) is 11.3 Å². The first-order valence-corrected chi connectivity index (χ1v) is 9.28. The molecule has 2 atom stereocenters. The maximum atomic E-state index is 12.8. The van der Waals surface area contributed by atoms with Gasteiger partial charge in [-0.1, -0.05) is 6.92 Å². The summed E-state index contributed by atoms with van der Waals surface area (Å²) in [6.45, 7) is 4.26. The van der Waals surface area contributed by atoms with E-state index in [1.165, 1.54) is 12.8 Å². The highest BCUT2D eigenvalue weighted by molar-refractivity contribution is 5.96. The molecule has 0 bridgehead atoms. The summed E-state index contributed by atoms with van der Waals surface area (Å²) in [5.74, 6) is 1.17. The monoisotopic (exact) mass is 354 g/mol. The molecule has 2 aliphatic rings. The molecule has 1 aliphatic carbocycles. The lowest BCUT2D eigenvalue weighted by Crippen LogP contribution is -2.40. The fraction of sp³-hybridized carbons (Fsp3) is 0.500. The lowest BCUT2D eigenvalue weighted by Gasteiger charge is -2.17. The molecular weight excluding hydrogens is 328 g/mol. The SMILES string of the molecule is COc1ccc(C(=O)N[C@@H]2CN(C3CC3)C[C@@H]2C)cc1-c1ccn(C)n1. The van der Waals surface area contributed by atoms with Crippen LogP contribution < -0.4 is 10.1 Å². The van der Waals surface area contributed by atoms with Crippen LogP contribution in [0.3, 0.4) is 0 Å². The number of ether oxygens (including phenoxy) is 1. The van der Waals surface area contributed by atoms with E-state index in [4.69, 9.17) is 4.74 Å². The molecule has 0 spiro atoms. The van der Waals surface area contributed by atoms with Crippen molar-refractivity contribution in [2.75, 3.05) is 20.2 Å². The van der Waals surface area contributed by atoms with Gasteiger partial charge in [0.25, 0.3) is 5.91 Å². The minimum atomic E-state index is -0.0284. The molecule has 0 unspecified atom stereocenters. The molecule has 1 saturated carbocycles. The third-order valence-electron chi connectivity index (χ3n) is 5.47. The van der Waals surface area contributed by atoms with Crippen molar-refractivity contribution in [2.24, 2.45) is 13.0 Å². The van der Waals surface area contributed by atoms with E-state index in [0.29, 0.717) is 11.5 Å². The average molecular weight is 354 g/mol. The summed E-state index contributed by atoms with van der Waals surface area (Å²) in [6, 6.07) is 8.41. The second-order valence-corrected chi connectivity index (χ2v) is 7.53. The second kappa shape index (κ2) is 6.76. The molecule has 138 valence electrons. The third kappa shape index (κ3) is 3.33. The molecule has 1 saturated heterocycles. The molecule has 1 aromatic carbocycles. The topological polar surface area (TPSA) is 59.4 Å². The molecule has 2 fully saturated rings. The van der Waals surface area contributed by atoms with Gasteiger partial charge < -0.3 is 10.1 Å². The number of carbonyl (C=O) groups is 1. The van der Waals surface area contributed by atoms with Crippen LogP contribution in [0.15, 0.2) is 30.5 Å². The first-order chi connectivity index (χ1) is 12.5. The van der Waals surface area contributed by atoms with Crippen molar-refractivity contribution in [3.8, 4) is 17.0 Å². The lowest BCUT2D eigenvalue weighted by molar-refractivity contribution is 0.0931. The number of amides is 1. The molecule has 26 heavy (non-hydrogen) atoms. The van der Waals surface area contributed by atoms with Crippen LogP contribution >= 0.6 is 0 Å². The molecule has 2 heterocycles. The van der Waals surface area contributed by atoms with E-state index in [-0.39, 0.29) is 11.9 Å². The molecule has 1 aromatic heterocycles. The van der Waals surface area contributed by atoms with Gasteiger partial charge in [0, 0.05) is 49.5 Å². The molecular formula is C20H26N4O2. The Morgan fingerprint density at radius 1 is 1.27 bits per heavy atom. The van der Waals surface area contributed by atoms with Crippen LogP contribution in [-0.2, 0) is 7.05 Å². The zero-order valence-corrected chi connectivity index (χ0v) is 15.6. The summed E-state index contributed by atoms with van der Waals surface area (Å²) in [6.07, 6.45) is 4.49. The van der Waals surface area contributed by atoms with E-state index in [1.54, 1.807) is 11.8 Å². The standard InChI is InChI=1S/C20H26N4O2/c1-13-11-24(15-5-6-15)12-18(13)21-20(25)14-4-7-19(26-3)16(10-14)17-8-9-23(2)22-17/h4,7-10,13,15,18H,5-6,11-12H2,1-3H3,(H,21,25)/t13-,18+/m0/s1. The summed E-state index contributed by atoms with van der Waals surface area (Å²) in [4.78, 5) is 15.3. The Morgan fingerprint density at radius 3 is 2.73 bits per heavy atom. The predicted molar refractivity (Wildman–Crippen MR) is 100 cm³/mol. The normalized spacial score (nSPS) is 23.2. The van der Waals surface area contributed by atoms with Crippen LogP contribution in [0.2, 0.25) is 0 Å². The van der Waals surface area contributed by atoms with Gasteiger partial charge in [-0.05, 0) is 43.0 Å². The highest BCUT2D eigenvalue weighted by Gasteiger charge is 2.38. The minimum absolute atomic E-state index is 0.0284. The van der Waals surface area contributed by atoms with Gasteiger partial charge in [-0.25, -0.2) is 0 Å². The summed E-state index contributed by atoms with van der Waals surface area (Å²) >= 11 is 0. The number of aromatic nitrogens is 2. The Hall–Kier alpha value is -2.34. The highest BCUT2D eigenvalue weighted by Crippen LogP contribution is 2.32. The van der Waals surface area contributed by atoms with Crippen molar-refractivity contribution in [1.29, 1.82) is 0 Å². The first kappa shape index (κ1) is 17.1. The minimum Gasteiger partial charge on any atom is -0.496 e. The van der Waals surface area contributed by atoms with Crippen LogP contribution in [0, 0.1) is 5.92 Å². The highest BCUT2D eigenvalue weighted by atomic mass is 16.5. The Morgan fingerprint density at radius 2 is 2.08 bits per heavy atom. The number of benzene rings is 1. The van der Waals surface area contributed by atoms with Crippen LogP contribution in [0.5, 0.6) is 5.75 Å². The molecule has 1 amide bonds. The molecule has 6 nitrogen and oxygen atoms in total. The van der Waals surface area contributed by atoms with Crippen LogP contribution in [-0.4, -0.2) is 52.9 Å². The van der Waals surface area contributed by atoms with Crippen molar-refractivity contribution in [2.45, 2.75) is 31.8 Å². The summed E-state index contributed by atoms with van der Waals surface area (Å²) < 4.78 is 7.20. The van der Waals surface area contributed by atoms with Crippen molar-refractivity contribution in [3.05, 3.63) is 36.0 Å². The van der Waals surface area contributed by atoms with Gasteiger partial charge in [0.05, 0.1) is 12.8 Å². The van der Waals surface area contributed by atoms with Gasteiger partial charge in [0.15, 0.2) is 0 Å². The summed E-state index contributed by atoms with van der Waals surface area (Å²) in [5, 5.41) is 7.67. The number of nitrogens with one attached hydrogen (secondary N) is 1. The van der Waals surface area contributed by atoms with E-state index >= 15 is 0 Å². The Kier molecular flexibility index (Phi) is 4.44. The average Bonchev–Trinajstić information content (AvgIpc) is 3.31. The molecule has 2 aromatic rings. The predicted octanol–water partition coefficient (Wildman–Crippen LogP) is 2.31. The van der Waals surface area contributed by atoms with Crippen molar-refractivity contribution in [3.63, 3.8) is 0 Å². The van der Waals surface area contributed by atoms with Crippen molar-refractivity contribution >= 4 is 5.91 Å². The number of rotatable bonds is 5. The number of aryl methyl sites for hydroxylation is 1. The van der Waals surface area contributed by atoms with Gasteiger partial charge in [0.1, 0.15) is 5.75 Å². The van der Waals surface area contributed by atoms with E-state index < -0.39 is 0 Å². The molecule has 1 N–H and O–H groups in total. The zero-order chi connectivity index (χ0) is 18.3. The van der Waals surface area contributed by atoms with Crippen LogP contribution in [0.1, 0.15) is 30.1 Å². The Labute approximate surface area is 154 Å². The molecule has 4 rings (SSSR count). The third-order valence-corrected chi connectivity index (χ3v) is 5.47. The number of likely N-dealkylation sites (tertiary alicyclic amines) is 1. The number of carbonyl (C=O) groups excluding carboxylic acids is 1. The smallest absolute Gasteiger partial charge is 0.251 e. The van der Waals surface area contributed by atoms with Crippen molar-refractivity contribution < 1.29 is 9.53 Å². The molecule has 0 radical (unpaired) electrons. The Bertz CT molecular complexity index is 812. The largest absolute Gasteiger partial charge is 0.496 e. The first-order valence-electron chi connectivity index (χ1n) is 9.28.